The third-order valence-corrected chi connectivity index (χ3v) is 6.56. The molecule has 1 aliphatic carbocycles. The number of pyridine rings is 1. The van der Waals surface area contributed by atoms with Crippen molar-refractivity contribution in [1.82, 2.24) is 4.98 Å². The summed E-state index contributed by atoms with van der Waals surface area (Å²) in [6.45, 7) is 11.5. The van der Waals surface area contributed by atoms with Crippen LogP contribution < -0.4 is 0 Å². The molecule has 2 aliphatic heterocycles. The third kappa shape index (κ3) is 1.82. The Hall–Kier alpha value is -0.470. The minimum absolute atomic E-state index is 0.312. The van der Waals surface area contributed by atoms with E-state index in [1.807, 2.05) is 41.5 Å². The molecule has 2 saturated heterocycles. The first-order valence-electron chi connectivity index (χ1n) is 7.99. The molecule has 3 heterocycles. The highest BCUT2D eigenvalue weighted by Crippen LogP contribution is 2.62. The average molecular weight is 398 g/mol. The molecule has 0 radical (unpaired) electrons. The van der Waals surface area contributed by atoms with Crippen molar-refractivity contribution in [3.05, 3.63) is 27.7 Å². The van der Waals surface area contributed by atoms with Gasteiger partial charge in [-0.2, -0.15) is 0 Å². The highest BCUT2D eigenvalue weighted by Gasteiger charge is 2.73. The molecule has 2 atom stereocenters. The van der Waals surface area contributed by atoms with Crippen molar-refractivity contribution in [1.29, 1.82) is 0 Å². The molecule has 2 unspecified atom stereocenters. The molecule has 0 bridgehead atoms. The van der Waals surface area contributed by atoms with E-state index in [9.17, 15) is 4.39 Å². The van der Waals surface area contributed by atoms with Crippen molar-refractivity contribution >= 4 is 29.9 Å². The van der Waals surface area contributed by atoms with E-state index in [2.05, 4.69) is 20.9 Å². The SMILES string of the molecule is CC1(C)OB(B2OC3(C)c4ncc(Br)c(F)c4C3(C)O2)OC1(C)C. The second-order valence-electron chi connectivity index (χ2n) is 7.94. The molecule has 0 N–H and O–H groups in total. The largest absolute Gasteiger partial charge is 0.489 e. The first-order chi connectivity index (χ1) is 10.9. The molecule has 1 aromatic heterocycles. The normalized spacial score (nSPS) is 35.7. The highest BCUT2D eigenvalue weighted by molar-refractivity contribution is 9.10. The van der Waals surface area contributed by atoms with Crippen LogP contribution >= 0.6 is 15.9 Å². The highest BCUT2D eigenvalue weighted by atomic mass is 79.9. The Morgan fingerprint density at radius 3 is 2.00 bits per heavy atom. The van der Waals surface area contributed by atoms with E-state index >= 15 is 0 Å². The van der Waals surface area contributed by atoms with Crippen LogP contribution in [0.4, 0.5) is 4.39 Å². The van der Waals surface area contributed by atoms with Crippen molar-refractivity contribution in [2.45, 2.75) is 63.9 Å². The summed E-state index contributed by atoms with van der Waals surface area (Å²) in [7, 11) is -1.44. The Balaban J connectivity index is 1.67. The fourth-order valence-electron chi connectivity index (χ4n) is 3.60. The summed E-state index contributed by atoms with van der Waals surface area (Å²) in [6, 6.07) is 0. The lowest BCUT2D eigenvalue weighted by Crippen LogP contribution is -2.54. The molecule has 9 heteroatoms. The van der Waals surface area contributed by atoms with Gasteiger partial charge in [0.05, 0.1) is 21.4 Å². The zero-order valence-corrected chi connectivity index (χ0v) is 16.2. The van der Waals surface area contributed by atoms with Crippen molar-refractivity contribution < 1.29 is 23.0 Å². The molecule has 1 aromatic rings. The predicted octanol–water partition coefficient (Wildman–Crippen LogP) is 3.13. The van der Waals surface area contributed by atoms with Gasteiger partial charge >= 0.3 is 14.0 Å². The number of hydrogen-bond acceptors (Lipinski definition) is 5. The van der Waals surface area contributed by atoms with Crippen LogP contribution in [-0.2, 0) is 29.8 Å². The van der Waals surface area contributed by atoms with Crippen LogP contribution in [0.2, 0.25) is 0 Å². The van der Waals surface area contributed by atoms with Crippen LogP contribution in [0.25, 0.3) is 0 Å². The standard InChI is InChI=1S/C15H19B2BrFNO4/c1-12(2)13(3,4)22-16(21-12)17-23-14(5)9-10(19)8(18)7-20-11(9)15(14,6)24-17/h7H,1-6H3. The van der Waals surface area contributed by atoms with E-state index in [1.54, 1.807) is 0 Å². The Bertz CT molecular complexity index is 732. The molecule has 0 spiro atoms. The quantitative estimate of drug-likeness (QED) is 0.681. The van der Waals surface area contributed by atoms with Crippen LogP contribution in [-0.4, -0.2) is 30.2 Å². The maximum absolute atomic E-state index is 14.6. The van der Waals surface area contributed by atoms with Crippen molar-refractivity contribution in [3.63, 3.8) is 0 Å². The van der Waals surface area contributed by atoms with Gasteiger partial charge in [0.2, 0.25) is 0 Å². The minimum Gasteiger partial charge on any atom is -0.405 e. The van der Waals surface area contributed by atoms with Gasteiger partial charge in [-0.05, 0) is 57.5 Å². The molecule has 128 valence electrons. The number of aromatic nitrogens is 1. The summed E-state index contributed by atoms with van der Waals surface area (Å²) in [5, 5.41) is 0. The number of halogens is 2. The molecular weight excluding hydrogens is 379 g/mol. The minimum atomic E-state index is -0.933. The molecule has 5 nitrogen and oxygen atoms in total. The second-order valence-corrected chi connectivity index (χ2v) is 8.79. The van der Waals surface area contributed by atoms with Crippen LogP contribution in [0, 0.1) is 5.82 Å². The second kappa shape index (κ2) is 4.62. The molecule has 0 amide bonds. The molecule has 4 rings (SSSR count). The van der Waals surface area contributed by atoms with Gasteiger partial charge in [0.25, 0.3) is 0 Å². The maximum Gasteiger partial charge on any atom is 0.489 e. The van der Waals surface area contributed by atoms with Crippen molar-refractivity contribution in [2.24, 2.45) is 0 Å². The number of fused-ring (bicyclic) bond motifs is 4. The number of hydrogen-bond donors (Lipinski definition) is 0. The first kappa shape index (κ1) is 17.0. The summed E-state index contributed by atoms with van der Waals surface area (Å²) in [5.74, 6) is -0.363. The summed E-state index contributed by atoms with van der Waals surface area (Å²) in [4.78, 5) is 4.33. The molecule has 2 fully saturated rings. The average Bonchev–Trinajstić information content (AvgIpc) is 2.81. The van der Waals surface area contributed by atoms with Crippen LogP contribution in [0.3, 0.4) is 0 Å². The summed E-state index contributed by atoms with van der Waals surface area (Å²) in [6.07, 6.45) is 1.45. The van der Waals surface area contributed by atoms with E-state index in [-0.39, 0.29) is 5.82 Å². The van der Waals surface area contributed by atoms with Gasteiger partial charge in [-0.1, -0.05) is 0 Å². The van der Waals surface area contributed by atoms with Gasteiger partial charge in [-0.15, -0.1) is 0 Å². The van der Waals surface area contributed by atoms with E-state index in [0.29, 0.717) is 15.7 Å². The smallest absolute Gasteiger partial charge is 0.405 e. The van der Waals surface area contributed by atoms with Crippen LogP contribution in [0.5, 0.6) is 0 Å². The van der Waals surface area contributed by atoms with Gasteiger partial charge in [-0.25, -0.2) is 4.39 Å². The maximum atomic E-state index is 14.6. The molecule has 3 aliphatic rings. The zero-order valence-electron chi connectivity index (χ0n) is 14.6. The Morgan fingerprint density at radius 1 is 0.917 bits per heavy atom. The number of nitrogens with zero attached hydrogens (tertiary/aromatic N) is 1. The van der Waals surface area contributed by atoms with Gasteiger partial charge in [0.1, 0.15) is 17.0 Å². The van der Waals surface area contributed by atoms with Gasteiger partial charge in [0.15, 0.2) is 0 Å². The zero-order chi connectivity index (χ0) is 17.7. The van der Waals surface area contributed by atoms with E-state index in [1.165, 1.54) is 6.20 Å². The van der Waals surface area contributed by atoms with Crippen LogP contribution in [0.1, 0.15) is 52.8 Å². The van der Waals surface area contributed by atoms with Crippen molar-refractivity contribution in [2.75, 3.05) is 0 Å². The molecule has 24 heavy (non-hydrogen) atoms. The lowest BCUT2D eigenvalue weighted by Gasteiger charge is -2.49. The summed E-state index contributed by atoms with van der Waals surface area (Å²) < 4.78 is 39.1. The Labute approximate surface area is 150 Å². The van der Waals surface area contributed by atoms with Gasteiger partial charge in [-0.3, -0.25) is 4.98 Å². The molecule has 0 aromatic carbocycles. The van der Waals surface area contributed by atoms with E-state index in [4.69, 9.17) is 18.6 Å². The van der Waals surface area contributed by atoms with E-state index in [0.717, 1.165) is 0 Å². The summed E-state index contributed by atoms with van der Waals surface area (Å²) in [5.41, 5.74) is -1.76. The number of rotatable bonds is 1. The lowest BCUT2D eigenvalue weighted by atomic mass is 9.49. The van der Waals surface area contributed by atoms with E-state index < -0.39 is 36.4 Å². The topological polar surface area (TPSA) is 49.8 Å². The monoisotopic (exact) mass is 397 g/mol. The predicted molar refractivity (Wildman–Crippen MR) is 90.6 cm³/mol. The molecule has 0 saturated carbocycles. The lowest BCUT2D eigenvalue weighted by molar-refractivity contribution is -0.0771. The third-order valence-electron chi connectivity index (χ3n) is 6.01. The fourth-order valence-corrected chi connectivity index (χ4v) is 3.90. The van der Waals surface area contributed by atoms with Crippen molar-refractivity contribution in [3.8, 4) is 0 Å². The van der Waals surface area contributed by atoms with Gasteiger partial charge < -0.3 is 18.6 Å². The van der Waals surface area contributed by atoms with Crippen LogP contribution in [0.15, 0.2) is 10.7 Å². The summed E-state index contributed by atoms with van der Waals surface area (Å²) >= 11 is 3.18. The van der Waals surface area contributed by atoms with Gasteiger partial charge in [0, 0.05) is 11.8 Å². The molecular formula is C15H19B2BrFNO4. The Morgan fingerprint density at radius 2 is 1.42 bits per heavy atom. The Kier molecular flexibility index (Phi) is 3.27. The fraction of sp³-hybridized carbons (Fsp3) is 0.667. The first-order valence-corrected chi connectivity index (χ1v) is 8.78.